The second-order valence-corrected chi connectivity index (χ2v) is 1.37. The number of rotatable bonds is 3. The molecule has 0 atom stereocenters. The number of ether oxygens (including phenoxy) is 1. The molecule has 0 unspecified atom stereocenters. The van der Waals surface area contributed by atoms with E-state index in [9.17, 15) is 4.79 Å². The first-order valence-corrected chi connectivity index (χ1v) is 2.60. The summed E-state index contributed by atoms with van der Waals surface area (Å²) in [5, 5.41) is 0.861. The molecule has 2 nitrogen and oxygen atoms in total. The topological polar surface area (TPSA) is 26.3 Å². The predicted molar refractivity (Wildman–Crippen MR) is 31.7 cm³/mol. The van der Waals surface area contributed by atoms with Crippen molar-refractivity contribution in [2.24, 2.45) is 0 Å². The van der Waals surface area contributed by atoms with E-state index in [0.29, 0.717) is 6.61 Å². The van der Waals surface area contributed by atoms with Crippen molar-refractivity contribution in [3.8, 4) is 0 Å². The van der Waals surface area contributed by atoms with Gasteiger partial charge in [-0.3, -0.25) is 0 Å². The van der Waals surface area contributed by atoms with Crippen molar-refractivity contribution in [3.63, 3.8) is 0 Å². The number of carbonyl (C=O) groups excluding carboxylic acids is 1. The minimum atomic E-state index is -0.341. The molecule has 0 aliphatic heterocycles. The van der Waals surface area contributed by atoms with Crippen LogP contribution in [0.25, 0.3) is 0 Å². The first-order chi connectivity index (χ1) is 3.81. The van der Waals surface area contributed by atoms with Gasteiger partial charge >= 0.3 is 57.6 Å². The summed E-state index contributed by atoms with van der Waals surface area (Å²) in [5.74, 6) is -0.341. The van der Waals surface area contributed by atoms with Gasteiger partial charge in [0, 0.05) is 0 Å². The molecule has 0 aliphatic carbocycles. The first-order valence-electron chi connectivity index (χ1n) is 2.60. The van der Waals surface area contributed by atoms with E-state index in [1.54, 1.807) is 0 Å². The van der Waals surface area contributed by atoms with Crippen LogP contribution in [0.1, 0.15) is 0 Å². The molecule has 8 heavy (non-hydrogen) atoms. The Morgan fingerprint density at radius 2 is 2.50 bits per heavy atom. The van der Waals surface area contributed by atoms with Crippen LogP contribution < -0.4 is 0 Å². The van der Waals surface area contributed by atoms with E-state index in [1.165, 1.54) is 0 Å². The normalized spacial score (nSPS) is 8.25. The molecule has 0 radical (unpaired) electrons. The third kappa shape index (κ3) is 3.98. The van der Waals surface area contributed by atoms with E-state index in [1.807, 2.05) is 17.7 Å². The van der Waals surface area contributed by atoms with Crippen LogP contribution in [0, 0.1) is 0 Å². The standard InChI is InChI=1S/C5H7O2.Li/c1-3-5(6)7-4-2;/h3H,1-2,4H2;. The van der Waals surface area contributed by atoms with Gasteiger partial charge in [0.05, 0.1) is 0 Å². The van der Waals surface area contributed by atoms with Crippen LogP contribution in [0.5, 0.6) is 0 Å². The average molecular weight is 106 g/mol. The Hall–Kier alpha value is -0.193. The molecule has 0 aromatic rings. The van der Waals surface area contributed by atoms with Crippen LogP contribution in [0.15, 0.2) is 12.7 Å². The van der Waals surface area contributed by atoms with Gasteiger partial charge in [0.2, 0.25) is 0 Å². The Morgan fingerprint density at radius 3 is 2.88 bits per heavy atom. The Morgan fingerprint density at radius 1 is 1.88 bits per heavy atom. The fourth-order valence-electron chi connectivity index (χ4n) is 0.262. The molecular formula is C5H7LiO2. The summed E-state index contributed by atoms with van der Waals surface area (Å²) in [6, 6.07) is 0. The maximum absolute atomic E-state index is 10.2. The summed E-state index contributed by atoms with van der Waals surface area (Å²) >= 11 is 1.94. The molecule has 0 saturated carbocycles. The molecule has 0 N–H and O–H groups in total. The second-order valence-electron chi connectivity index (χ2n) is 1.37. The summed E-state index contributed by atoms with van der Waals surface area (Å²) in [4.78, 5) is 10.2. The predicted octanol–water partition coefficient (Wildman–Crippen LogP) is 0.302. The van der Waals surface area contributed by atoms with Gasteiger partial charge in [-0.15, -0.1) is 0 Å². The molecule has 0 amide bonds. The van der Waals surface area contributed by atoms with Gasteiger partial charge in [-0.25, -0.2) is 0 Å². The third-order valence-electron chi connectivity index (χ3n) is 0.615. The summed E-state index contributed by atoms with van der Waals surface area (Å²) in [6.07, 6.45) is 1.16. The number of hydrogen-bond donors (Lipinski definition) is 0. The molecule has 0 aliphatic rings. The van der Waals surface area contributed by atoms with E-state index in [2.05, 4.69) is 11.3 Å². The van der Waals surface area contributed by atoms with Crippen molar-refractivity contribution >= 4 is 23.7 Å². The van der Waals surface area contributed by atoms with E-state index in [0.717, 1.165) is 11.2 Å². The summed E-state index contributed by atoms with van der Waals surface area (Å²) in [6.45, 7) is 3.73. The van der Waals surface area contributed by atoms with Gasteiger partial charge in [0.1, 0.15) is 0 Å². The van der Waals surface area contributed by atoms with E-state index >= 15 is 0 Å². The molecule has 0 rings (SSSR count). The Kier molecular flexibility index (Phi) is 4.84. The number of carbonyl (C=O) groups is 1. The Labute approximate surface area is 58.1 Å². The van der Waals surface area contributed by atoms with Crippen LogP contribution in [0.4, 0.5) is 0 Å². The number of hydrogen-bond acceptors (Lipinski definition) is 2. The zero-order valence-electron chi connectivity index (χ0n) is 5.02. The summed E-state index contributed by atoms with van der Waals surface area (Å²) < 4.78 is 4.58. The molecule has 0 spiro atoms. The zero-order chi connectivity index (χ0) is 6.41. The van der Waals surface area contributed by atoms with Crippen LogP contribution >= 0.6 is 0 Å². The van der Waals surface area contributed by atoms with Crippen molar-refractivity contribution in [1.29, 1.82) is 0 Å². The third-order valence-corrected chi connectivity index (χ3v) is 0.615. The van der Waals surface area contributed by atoms with Gasteiger partial charge in [-0.2, -0.15) is 0 Å². The van der Waals surface area contributed by atoms with Crippen molar-refractivity contribution in [2.45, 2.75) is 5.09 Å². The molecule has 0 bridgehead atoms. The molecular weight excluding hydrogens is 99.0 g/mol. The minimum absolute atomic E-state index is 0.341. The monoisotopic (exact) mass is 106 g/mol. The summed E-state index contributed by atoms with van der Waals surface area (Å²) in [5.41, 5.74) is 0. The fourth-order valence-corrected chi connectivity index (χ4v) is 0.262. The molecule has 3 heteroatoms. The van der Waals surface area contributed by atoms with Crippen LogP contribution in [0.3, 0.4) is 0 Å². The van der Waals surface area contributed by atoms with Gasteiger partial charge < -0.3 is 0 Å². The zero-order valence-corrected chi connectivity index (χ0v) is 5.02. The van der Waals surface area contributed by atoms with E-state index in [-0.39, 0.29) is 5.97 Å². The van der Waals surface area contributed by atoms with Crippen molar-refractivity contribution in [3.05, 3.63) is 12.7 Å². The molecule has 40 valence electrons. The van der Waals surface area contributed by atoms with Crippen molar-refractivity contribution in [1.82, 2.24) is 0 Å². The second kappa shape index (κ2) is 4.95. The quantitative estimate of drug-likeness (QED) is 0.294. The van der Waals surface area contributed by atoms with Gasteiger partial charge in [-0.05, 0) is 0 Å². The number of esters is 1. The molecule has 0 aromatic heterocycles. The van der Waals surface area contributed by atoms with E-state index in [4.69, 9.17) is 0 Å². The maximum atomic E-state index is 10.2. The summed E-state index contributed by atoms with van der Waals surface area (Å²) in [7, 11) is 0. The molecule has 0 aromatic carbocycles. The Balaban J connectivity index is 3.11. The molecule has 0 saturated heterocycles. The molecule has 0 fully saturated rings. The first kappa shape index (κ1) is 7.81. The van der Waals surface area contributed by atoms with Crippen molar-refractivity contribution < 1.29 is 9.53 Å². The Bertz CT molecular complexity index is 90.4. The van der Waals surface area contributed by atoms with Gasteiger partial charge in [0.15, 0.2) is 0 Å². The average Bonchev–Trinajstić information content (AvgIpc) is 1.83. The van der Waals surface area contributed by atoms with Crippen molar-refractivity contribution in [2.75, 3.05) is 6.61 Å². The van der Waals surface area contributed by atoms with Gasteiger partial charge in [-0.1, -0.05) is 0 Å². The van der Waals surface area contributed by atoms with E-state index < -0.39 is 0 Å². The van der Waals surface area contributed by atoms with Crippen LogP contribution in [-0.2, 0) is 9.53 Å². The SMILES string of the molecule is [Li][CH2]COC(=O)C=C. The fraction of sp³-hybridized carbons (Fsp3) is 0.400. The van der Waals surface area contributed by atoms with Crippen LogP contribution in [0.2, 0.25) is 5.09 Å². The molecule has 0 heterocycles. The van der Waals surface area contributed by atoms with Crippen LogP contribution in [-0.4, -0.2) is 30.3 Å². The van der Waals surface area contributed by atoms with Gasteiger partial charge in [0.25, 0.3) is 0 Å².